The molecule has 0 saturated heterocycles. The number of aryl methyl sites for hydroxylation is 1. The summed E-state index contributed by atoms with van der Waals surface area (Å²) in [6, 6.07) is 5.49. The van der Waals surface area contributed by atoms with Crippen molar-refractivity contribution in [2.24, 2.45) is 0 Å². The molecule has 23 heavy (non-hydrogen) atoms. The van der Waals surface area contributed by atoms with E-state index in [1.54, 1.807) is 6.07 Å². The number of rotatable bonds is 8. The van der Waals surface area contributed by atoms with E-state index in [9.17, 15) is 4.79 Å². The number of carbonyl (C=O) groups is 1. The van der Waals surface area contributed by atoms with Crippen LogP contribution in [0, 0.1) is 0 Å². The van der Waals surface area contributed by atoms with E-state index in [-0.39, 0.29) is 0 Å². The van der Waals surface area contributed by atoms with Crippen LogP contribution in [0.15, 0.2) is 36.4 Å². The van der Waals surface area contributed by atoms with E-state index in [0.717, 1.165) is 29.7 Å². The van der Waals surface area contributed by atoms with Crippen molar-refractivity contribution in [3.8, 4) is 0 Å². The topological polar surface area (TPSA) is 46.5 Å². The van der Waals surface area contributed by atoms with E-state index >= 15 is 0 Å². The summed E-state index contributed by atoms with van der Waals surface area (Å²) in [7, 11) is 0. The zero-order chi connectivity index (χ0) is 17.7. The van der Waals surface area contributed by atoms with Gasteiger partial charge in [-0.05, 0) is 42.5 Å². The summed E-state index contributed by atoms with van der Waals surface area (Å²) in [5.41, 5.74) is 3.34. The number of carboxylic acid groups (broad SMARTS) is 1. The third-order valence-electron chi connectivity index (χ3n) is 3.22. The van der Waals surface area contributed by atoms with E-state index in [4.69, 9.17) is 9.84 Å². The van der Waals surface area contributed by atoms with Crippen molar-refractivity contribution in [3.05, 3.63) is 53.1 Å². The van der Waals surface area contributed by atoms with Crippen LogP contribution >= 0.6 is 0 Å². The molecule has 128 valence electrons. The number of hydrogen-bond donors (Lipinski definition) is 1. The van der Waals surface area contributed by atoms with Crippen molar-refractivity contribution in [3.63, 3.8) is 0 Å². The van der Waals surface area contributed by atoms with Crippen LogP contribution in [0.1, 0.15) is 62.5 Å². The number of carboxylic acids is 1. The van der Waals surface area contributed by atoms with E-state index in [1.807, 2.05) is 58.1 Å². The molecule has 0 bridgehead atoms. The molecule has 0 aliphatic heterocycles. The lowest BCUT2D eigenvalue weighted by molar-refractivity contribution is 0.0695. The van der Waals surface area contributed by atoms with Gasteiger partial charge in [-0.15, -0.1) is 0 Å². The molecule has 0 aromatic heterocycles. The van der Waals surface area contributed by atoms with Crippen molar-refractivity contribution in [2.45, 2.75) is 47.5 Å². The second-order valence-electron chi connectivity index (χ2n) is 4.75. The summed E-state index contributed by atoms with van der Waals surface area (Å²) in [6.07, 6.45) is 7.74. The molecule has 0 aliphatic carbocycles. The summed E-state index contributed by atoms with van der Waals surface area (Å²) in [4.78, 5) is 11.2. The molecule has 0 saturated carbocycles. The predicted molar refractivity (Wildman–Crippen MR) is 98.0 cm³/mol. The quantitative estimate of drug-likeness (QED) is 0.518. The second-order valence-corrected chi connectivity index (χ2v) is 4.75. The first kappa shape index (κ1) is 21.1. The average molecular weight is 318 g/mol. The van der Waals surface area contributed by atoms with Gasteiger partial charge in [0, 0.05) is 6.61 Å². The monoisotopic (exact) mass is 318 g/mol. The second kappa shape index (κ2) is 12.7. The van der Waals surface area contributed by atoms with Crippen LogP contribution in [-0.4, -0.2) is 24.3 Å². The molecule has 1 rings (SSSR count). The Kier molecular flexibility index (Phi) is 11.6. The number of ether oxygens (including phenoxy) is 1. The fraction of sp³-hybridized carbons (Fsp3) is 0.450. The molecule has 3 nitrogen and oxygen atoms in total. The molecule has 1 aromatic carbocycles. The largest absolute Gasteiger partial charge is 0.478 e. The standard InChI is InChI=1S/C18H24O3.C2H6/c1-4-11-21-12-7-8-14(5-2)16-9-10-17(18(19)20)15(6-3)13-16;1-2/h5,7-10,13H,4,6,11-12H2,1-3H3,(H,19,20);1-2H3/b8-7-,14-5+;. The molecule has 1 aromatic rings. The number of hydrogen-bond acceptors (Lipinski definition) is 2. The first-order valence-electron chi connectivity index (χ1n) is 8.41. The van der Waals surface area contributed by atoms with Crippen LogP contribution in [0.4, 0.5) is 0 Å². The Hall–Kier alpha value is -1.87. The number of benzene rings is 1. The van der Waals surface area contributed by atoms with Gasteiger partial charge in [-0.25, -0.2) is 4.79 Å². The molecule has 0 spiro atoms. The van der Waals surface area contributed by atoms with Gasteiger partial charge < -0.3 is 9.84 Å². The van der Waals surface area contributed by atoms with E-state index in [1.165, 1.54) is 0 Å². The lowest BCUT2D eigenvalue weighted by Crippen LogP contribution is -2.02. The molecule has 0 heterocycles. The first-order valence-corrected chi connectivity index (χ1v) is 8.41. The zero-order valence-electron chi connectivity index (χ0n) is 15.1. The molecule has 1 N–H and O–H groups in total. The highest BCUT2D eigenvalue weighted by molar-refractivity contribution is 5.90. The maximum absolute atomic E-state index is 11.2. The fourth-order valence-corrected chi connectivity index (χ4v) is 2.10. The van der Waals surface area contributed by atoms with Gasteiger partial charge in [0.05, 0.1) is 12.2 Å². The van der Waals surface area contributed by atoms with Crippen LogP contribution < -0.4 is 0 Å². The van der Waals surface area contributed by atoms with Gasteiger partial charge in [-0.3, -0.25) is 0 Å². The minimum atomic E-state index is -0.871. The Morgan fingerprint density at radius 3 is 2.48 bits per heavy atom. The van der Waals surface area contributed by atoms with Gasteiger partial charge in [0.15, 0.2) is 0 Å². The highest BCUT2D eigenvalue weighted by Gasteiger charge is 2.09. The number of allylic oxidation sites excluding steroid dienone is 3. The summed E-state index contributed by atoms with van der Waals surface area (Å²) in [5, 5.41) is 9.16. The fourth-order valence-electron chi connectivity index (χ4n) is 2.10. The summed E-state index contributed by atoms with van der Waals surface area (Å²) < 4.78 is 5.42. The normalized spacial score (nSPS) is 11.3. The maximum atomic E-state index is 11.2. The molecule has 0 unspecified atom stereocenters. The van der Waals surface area contributed by atoms with Crippen LogP contribution in [0.25, 0.3) is 5.57 Å². The lowest BCUT2D eigenvalue weighted by atomic mass is 9.97. The van der Waals surface area contributed by atoms with Crippen LogP contribution in [-0.2, 0) is 11.2 Å². The smallest absolute Gasteiger partial charge is 0.335 e. The van der Waals surface area contributed by atoms with Gasteiger partial charge >= 0.3 is 5.97 Å². The van der Waals surface area contributed by atoms with Crippen LogP contribution in [0.5, 0.6) is 0 Å². The molecule has 0 atom stereocenters. The molecule has 0 radical (unpaired) electrons. The van der Waals surface area contributed by atoms with Gasteiger partial charge in [0.1, 0.15) is 0 Å². The van der Waals surface area contributed by atoms with Crippen LogP contribution in [0.3, 0.4) is 0 Å². The van der Waals surface area contributed by atoms with Gasteiger partial charge in [0.25, 0.3) is 0 Å². The molecule has 0 fully saturated rings. The third kappa shape index (κ3) is 7.29. The maximum Gasteiger partial charge on any atom is 0.335 e. The molecule has 0 aliphatic rings. The zero-order valence-corrected chi connectivity index (χ0v) is 15.1. The van der Waals surface area contributed by atoms with Gasteiger partial charge in [-0.1, -0.05) is 58.1 Å². The van der Waals surface area contributed by atoms with Crippen LogP contribution in [0.2, 0.25) is 0 Å². The van der Waals surface area contributed by atoms with Crippen molar-refractivity contribution >= 4 is 11.5 Å². The number of aromatic carboxylic acids is 1. The minimum Gasteiger partial charge on any atom is -0.478 e. The Bertz CT molecular complexity index is 528. The third-order valence-corrected chi connectivity index (χ3v) is 3.22. The predicted octanol–water partition coefficient (Wildman–Crippen LogP) is 5.36. The Balaban J connectivity index is 0.00000232. The molecule has 0 amide bonds. The minimum absolute atomic E-state index is 0.381. The van der Waals surface area contributed by atoms with Crippen molar-refractivity contribution < 1.29 is 14.6 Å². The van der Waals surface area contributed by atoms with Crippen molar-refractivity contribution in [1.29, 1.82) is 0 Å². The van der Waals surface area contributed by atoms with Gasteiger partial charge in [0.2, 0.25) is 0 Å². The average Bonchev–Trinajstić information content (AvgIpc) is 2.59. The molecular formula is C20H30O3. The highest BCUT2D eigenvalue weighted by atomic mass is 16.5. The summed E-state index contributed by atoms with van der Waals surface area (Å²) >= 11 is 0. The van der Waals surface area contributed by atoms with Crippen molar-refractivity contribution in [1.82, 2.24) is 0 Å². The SMILES string of the molecule is C/C=C(\C=C/COCCC)c1ccc(C(=O)O)c(CC)c1.CC. The Labute approximate surface area is 140 Å². The first-order chi connectivity index (χ1) is 11.1. The molecular weight excluding hydrogens is 288 g/mol. The van der Waals surface area contributed by atoms with E-state index < -0.39 is 5.97 Å². The summed E-state index contributed by atoms with van der Waals surface area (Å²) in [5.74, 6) is -0.871. The van der Waals surface area contributed by atoms with E-state index in [2.05, 4.69) is 6.92 Å². The Morgan fingerprint density at radius 1 is 1.26 bits per heavy atom. The lowest BCUT2D eigenvalue weighted by Gasteiger charge is -2.08. The Morgan fingerprint density at radius 2 is 1.96 bits per heavy atom. The van der Waals surface area contributed by atoms with Gasteiger partial charge in [-0.2, -0.15) is 0 Å². The molecule has 3 heteroatoms. The van der Waals surface area contributed by atoms with E-state index in [0.29, 0.717) is 18.6 Å². The highest BCUT2D eigenvalue weighted by Crippen LogP contribution is 2.21. The van der Waals surface area contributed by atoms with Crippen molar-refractivity contribution in [2.75, 3.05) is 13.2 Å². The summed E-state index contributed by atoms with van der Waals surface area (Å²) in [6.45, 7) is 11.4.